The van der Waals surface area contributed by atoms with Crippen molar-refractivity contribution < 1.29 is 4.79 Å². The number of rotatable bonds is 4. The zero-order valence-corrected chi connectivity index (χ0v) is 19.8. The molecule has 0 N–H and O–H groups in total. The number of amides is 1. The number of benzene rings is 1. The van der Waals surface area contributed by atoms with Crippen molar-refractivity contribution in [3.05, 3.63) is 55.5 Å². The van der Waals surface area contributed by atoms with Gasteiger partial charge in [0.05, 0.1) is 32.0 Å². The number of halogens is 3. The molecule has 0 saturated carbocycles. The van der Waals surface area contributed by atoms with Gasteiger partial charge >= 0.3 is 0 Å². The molecule has 1 fully saturated rings. The molecule has 4 rings (SSSR count). The summed E-state index contributed by atoms with van der Waals surface area (Å²) in [6, 6.07) is 5.53. The summed E-state index contributed by atoms with van der Waals surface area (Å²) in [5.41, 5.74) is 2.11. The van der Waals surface area contributed by atoms with Crippen molar-refractivity contribution in [2.75, 3.05) is 19.3 Å². The largest absolute Gasteiger partial charge is 0.337 e. The Morgan fingerprint density at radius 2 is 1.90 bits per heavy atom. The van der Waals surface area contributed by atoms with Crippen LogP contribution in [-0.4, -0.2) is 45.1 Å². The molecule has 0 unspecified atom stereocenters. The van der Waals surface area contributed by atoms with Crippen LogP contribution in [0.4, 0.5) is 0 Å². The van der Waals surface area contributed by atoms with E-state index in [1.54, 1.807) is 17.4 Å². The molecule has 1 saturated heterocycles. The number of carbonyl (C=O) groups excluding carboxylic acids is 1. The van der Waals surface area contributed by atoms with Crippen molar-refractivity contribution in [3.8, 4) is 11.3 Å². The number of aromatic nitrogens is 3. The summed E-state index contributed by atoms with van der Waals surface area (Å²) in [5, 5.41) is 4.98. The fourth-order valence-corrected chi connectivity index (χ4v) is 5.15. The van der Waals surface area contributed by atoms with Crippen LogP contribution in [0.3, 0.4) is 0 Å². The zero-order valence-electron chi connectivity index (χ0n) is 15.9. The number of hydrogen-bond acceptors (Lipinski definition) is 6. The minimum Gasteiger partial charge on any atom is -0.337 e. The van der Waals surface area contributed by atoms with E-state index in [1.165, 1.54) is 18.0 Å². The lowest BCUT2D eigenvalue weighted by Crippen LogP contribution is -2.38. The van der Waals surface area contributed by atoms with E-state index in [9.17, 15) is 4.79 Å². The lowest BCUT2D eigenvalue weighted by Gasteiger charge is -2.31. The molecule has 1 aromatic carbocycles. The quantitative estimate of drug-likeness (QED) is 0.311. The molecule has 0 bridgehead atoms. The molecular formula is C20H17Cl3N4OS2. The molecule has 3 heterocycles. The van der Waals surface area contributed by atoms with Gasteiger partial charge in [-0.15, -0.1) is 11.3 Å². The molecule has 0 spiro atoms. The van der Waals surface area contributed by atoms with Gasteiger partial charge < -0.3 is 4.90 Å². The van der Waals surface area contributed by atoms with Crippen LogP contribution in [0.1, 0.15) is 34.3 Å². The van der Waals surface area contributed by atoms with Gasteiger partial charge in [-0.05, 0) is 31.2 Å². The number of thioether (sulfide) groups is 1. The molecule has 3 aromatic rings. The lowest BCUT2D eigenvalue weighted by molar-refractivity contribution is 0.0706. The Kier molecular flexibility index (Phi) is 6.85. The van der Waals surface area contributed by atoms with E-state index in [0.717, 1.165) is 29.1 Å². The lowest BCUT2D eigenvalue weighted by atomic mass is 9.97. The van der Waals surface area contributed by atoms with E-state index in [-0.39, 0.29) is 16.6 Å². The first-order chi connectivity index (χ1) is 14.5. The normalized spacial score (nSPS) is 14.9. The van der Waals surface area contributed by atoms with Crippen LogP contribution in [0.5, 0.6) is 0 Å². The third-order valence-electron chi connectivity index (χ3n) is 4.98. The number of thiazole rings is 1. The second kappa shape index (κ2) is 9.40. The summed E-state index contributed by atoms with van der Waals surface area (Å²) in [6.07, 6.45) is 5.04. The van der Waals surface area contributed by atoms with Crippen LogP contribution < -0.4 is 0 Å². The summed E-state index contributed by atoms with van der Waals surface area (Å²) in [6.45, 7) is 1.28. The minimum absolute atomic E-state index is 0.146. The minimum atomic E-state index is -0.146. The Balaban J connectivity index is 1.43. The monoisotopic (exact) mass is 498 g/mol. The van der Waals surface area contributed by atoms with Gasteiger partial charge in [0.25, 0.3) is 5.91 Å². The number of nitrogens with zero attached hydrogens (tertiary/aromatic N) is 4. The van der Waals surface area contributed by atoms with Gasteiger partial charge in [-0.25, -0.2) is 15.0 Å². The van der Waals surface area contributed by atoms with Gasteiger partial charge in [0.1, 0.15) is 0 Å². The molecule has 2 aromatic heterocycles. The number of likely N-dealkylation sites (tertiary alicyclic amines) is 1. The fourth-order valence-electron chi connectivity index (χ4n) is 3.34. The Hall–Kier alpha value is -1.38. The molecule has 0 atom stereocenters. The Bertz CT molecular complexity index is 1080. The zero-order chi connectivity index (χ0) is 21.3. The van der Waals surface area contributed by atoms with E-state index >= 15 is 0 Å². The summed E-state index contributed by atoms with van der Waals surface area (Å²) in [4.78, 5) is 27.9. The highest BCUT2D eigenvalue weighted by Gasteiger charge is 2.28. The van der Waals surface area contributed by atoms with E-state index < -0.39 is 0 Å². The van der Waals surface area contributed by atoms with Crippen molar-refractivity contribution in [2.24, 2.45) is 0 Å². The third kappa shape index (κ3) is 4.60. The van der Waals surface area contributed by atoms with Crippen LogP contribution in [0.25, 0.3) is 11.3 Å². The van der Waals surface area contributed by atoms with E-state index in [2.05, 4.69) is 9.97 Å². The average Bonchev–Trinajstić information content (AvgIpc) is 3.26. The van der Waals surface area contributed by atoms with Crippen LogP contribution in [0.2, 0.25) is 15.1 Å². The van der Waals surface area contributed by atoms with Crippen LogP contribution >= 0.6 is 57.9 Å². The third-order valence-corrected chi connectivity index (χ3v) is 7.56. The molecule has 10 heteroatoms. The standard InChI is InChI=1S/C20H17Cl3N4OS2/c1-29-20-24-9-15(23)17(26-20)19(28)27-6-4-11(5-7-27)18-25-16(10-30-18)12-2-3-13(21)14(22)8-12/h2-3,8-11H,4-7H2,1H3. The smallest absolute Gasteiger partial charge is 0.274 e. The Morgan fingerprint density at radius 3 is 2.60 bits per heavy atom. The highest BCUT2D eigenvalue weighted by molar-refractivity contribution is 7.98. The number of carbonyl (C=O) groups is 1. The van der Waals surface area contributed by atoms with Crippen molar-refractivity contribution in [1.82, 2.24) is 19.9 Å². The summed E-state index contributed by atoms with van der Waals surface area (Å²) >= 11 is 21.3. The van der Waals surface area contributed by atoms with E-state index in [4.69, 9.17) is 39.8 Å². The van der Waals surface area contributed by atoms with E-state index in [1.807, 2.05) is 28.7 Å². The Labute approximate surface area is 197 Å². The maximum atomic E-state index is 12.9. The number of hydrogen-bond donors (Lipinski definition) is 0. The predicted molar refractivity (Wildman–Crippen MR) is 124 cm³/mol. The first-order valence-electron chi connectivity index (χ1n) is 9.23. The first-order valence-corrected chi connectivity index (χ1v) is 12.5. The van der Waals surface area contributed by atoms with Crippen LogP contribution in [0.15, 0.2) is 34.9 Å². The average molecular weight is 500 g/mol. The number of piperidine rings is 1. The molecule has 0 aliphatic carbocycles. The van der Waals surface area contributed by atoms with Crippen molar-refractivity contribution in [3.63, 3.8) is 0 Å². The second-order valence-electron chi connectivity index (χ2n) is 6.82. The Morgan fingerprint density at radius 1 is 1.13 bits per heavy atom. The SMILES string of the molecule is CSc1ncc(Cl)c(C(=O)N2CCC(c3nc(-c4ccc(Cl)c(Cl)c4)cs3)CC2)n1. The molecule has 1 aliphatic heterocycles. The molecule has 156 valence electrons. The molecule has 0 radical (unpaired) electrons. The predicted octanol–water partition coefficient (Wildman–Crippen LogP) is 6.30. The van der Waals surface area contributed by atoms with Gasteiger partial charge in [-0.1, -0.05) is 52.6 Å². The maximum absolute atomic E-state index is 12.9. The summed E-state index contributed by atoms with van der Waals surface area (Å²) in [5.74, 6) is 0.171. The van der Waals surface area contributed by atoms with Crippen LogP contribution in [0, 0.1) is 0 Å². The fraction of sp³-hybridized carbons (Fsp3) is 0.300. The van der Waals surface area contributed by atoms with Gasteiger partial charge in [0.15, 0.2) is 10.9 Å². The topological polar surface area (TPSA) is 59.0 Å². The molecule has 1 amide bonds. The molecular weight excluding hydrogens is 483 g/mol. The van der Waals surface area contributed by atoms with Gasteiger partial charge in [0, 0.05) is 30.0 Å². The van der Waals surface area contributed by atoms with Gasteiger partial charge in [-0.2, -0.15) is 0 Å². The van der Waals surface area contributed by atoms with Crippen molar-refractivity contribution in [1.29, 1.82) is 0 Å². The maximum Gasteiger partial charge on any atom is 0.274 e. The molecule has 5 nitrogen and oxygen atoms in total. The van der Waals surface area contributed by atoms with Crippen molar-refractivity contribution in [2.45, 2.75) is 23.9 Å². The highest BCUT2D eigenvalue weighted by Crippen LogP contribution is 2.35. The first kappa shape index (κ1) is 21.8. The summed E-state index contributed by atoms with van der Waals surface area (Å²) < 4.78 is 0. The second-order valence-corrected chi connectivity index (χ2v) is 9.70. The van der Waals surface area contributed by atoms with Crippen LogP contribution in [-0.2, 0) is 0 Å². The van der Waals surface area contributed by atoms with Gasteiger partial charge in [-0.3, -0.25) is 4.79 Å². The van der Waals surface area contributed by atoms with E-state index in [0.29, 0.717) is 34.2 Å². The van der Waals surface area contributed by atoms with Crippen molar-refractivity contribution >= 4 is 63.8 Å². The van der Waals surface area contributed by atoms with Gasteiger partial charge in [0.2, 0.25) is 0 Å². The summed E-state index contributed by atoms with van der Waals surface area (Å²) in [7, 11) is 0. The molecule has 1 aliphatic rings. The molecule has 30 heavy (non-hydrogen) atoms. The highest BCUT2D eigenvalue weighted by atomic mass is 35.5.